The molecule has 0 unspecified atom stereocenters. The first-order valence-electron chi connectivity index (χ1n) is 6.36. The van der Waals surface area contributed by atoms with E-state index < -0.39 is 0 Å². The van der Waals surface area contributed by atoms with Crippen LogP contribution in [0.15, 0.2) is 18.5 Å². The van der Waals surface area contributed by atoms with Crippen LogP contribution in [0.2, 0.25) is 5.15 Å². The first kappa shape index (κ1) is 11.7. The topological polar surface area (TPSA) is 29.0 Å². The molecule has 94 valence electrons. The van der Waals surface area contributed by atoms with Gasteiger partial charge in [0, 0.05) is 30.1 Å². The summed E-state index contributed by atoms with van der Waals surface area (Å²) in [7, 11) is 0. The number of hydrogen-bond donors (Lipinski definition) is 0. The monoisotopic (exact) mass is 261 g/mol. The summed E-state index contributed by atoms with van der Waals surface area (Å²) in [4.78, 5) is 11.2. The van der Waals surface area contributed by atoms with Crippen molar-refractivity contribution in [3.05, 3.63) is 29.3 Å². The van der Waals surface area contributed by atoms with Gasteiger partial charge in [0.25, 0.3) is 0 Å². The van der Waals surface area contributed by atoms with Crippen molar-refractivity contribution in [1.29, 1.82) is 0 Å². The quantitative estimate of drug-likeness (QED) is 0.774. The van der Waals surface area contributed by atoms with Crippen LogP contribution in [0, 0.1) is 0 Å². The lowest BCUT2D eigenvalue weighted by Crippen LogP contribution is -2.37. The second-order valence-electron chi connectivity index (χ2n) is 5.08. The Morgan fingerprint density at radius 2 is 1.94 bits per heavy atom. The highest BCUT2D eigenvalue weighted by Gasteiger charge is 2.19. The van der Waals surface area contributed by atoms with Crippen molar-refractivity contribution in [1.82, 2.24) is 9.97 Å². The van der Waals surface area contributed by atoms with E-state index in [1.807, 2.05) is 18.5 Å². The van der Waals surface area contributed by atoms with Crippen molar-refractivity contribution in [2.24, 2.45) is 0 Å². The second-order valence-corrected chi connectivity index (χ2v) is 5.46. The summed E-state index contributed by atoms with van der Waals surface area (Å²) >= 11 is 6.02. The second kappa shape index (κ2) is 4.39. The Hall–Kier alpha value is -1.35. The lowest BCUT2D eigenvalue weighted by atomic mass is 10.0. The Morgan fingerprint density at radius 1 is 1.17 bits per heavy atom. The fourth-order valence-corrected chi connectivity index (χ4v) is 2.54. The molecule has 0 amide bonds. The molecular formula is C14H16ClN3. The van der Waals surface area contributed by atoms with Crippen molar-refractivity contribution in [3.8, 4) is 0 Å². The molecule has 2 aromatic heterocycles. The molecule has 0 radical (unpaired) electrons. The van der Waals surface area contributed by atoms with Gasteiger partial charge in [-0.25, -0.2) is 4.98 Å². The minimum atomic E-state index is 0.386. The number of halogens is 1. The summed E-state index contributed by atoms with van der Waals surface area (Å²) in [5, 5.41) is 2.83. The number of fused-ring (bicyclic) bond motifs is 1. The smallest absolute Gasteiger partial charge is 0.129 e. The van der Waals surface area contributed by atoms with Crippen molar-refractivity contribution in [3.63, 3.8) is 0 Å². The number of anilines is 1. The third-order valence-corrected chi connectivity index (χ3v) is 3.70. The molecule has 2 aromatic rings. The normalized spacial score (nSPS) is 15.2. The largest absolute Gasteiger partial charge is 0.370 e. The van der Waals surface area contributed by atoms with Gasteiger partial charge in [-0.1, -0.05) is 25.4 Å². The first-order valence-corrected chi connectivity index (χ1v) is 6.73. The average molecular weight is 262 g/mol. The maximum absolute atomic E-state index is 6.02. The van der Waals surface area contributed by atoms with Gasteiger partial charge in [0.1, 0.15) is 5.15 Å². The van der Waals surface area contributed by atoms with E-state index in [2.05, 4.69) is 28.7 Å². The highest BCUT2D eigenvalue weighted by Crippen LogP contribution is 2.33. The van der Waals surface area contributed by atoms with Gasteiger partial charge in [-0.15, -0.1) is 0 Å². The van der Waals surface area contributed by atoms with Crippen LogP contribution < -0.4 is 4.90 Å². The minimum absolute atomic E-state index is 0.386. The molecular weight excluding hydrogens is 246 g/mol. The van der Waals surface area contributed by atoms with E-state index >= 15 is 0 Å². The van der Waals surface area contributed by atoms with Crippen LogP contribution >= 0.6 is 11.6 Å². The number of rotatable bonds is 2. The average Bonchev–Trinajstić information content (AvgIpc) is 2.26. The lowest BCUT2D eigenvalue weighted by molar-refractivity contribution is 0.618. The molecule has 0 bridgehead atoms. The lowest BCUT2D eigenvalue weighted by Gasteiger charge is -2.34. The fraction of sp³-hybridized carbons (Fsp3) is 0.429. The van der Waals surface area contributed by atoms with Crippen LogP contribution in [0.4, 0.5) is 5.69 Å². The van der Waals surface area contributed by atoms with Crippen LogP contribution in [-0.2, 0) is 0 Å². The number of hydrogen-bond acceptors (Lipinski definition) is 3. The van der Waals surface area contributed by atoms with Crippen LogP contribution in [0.3, 0.4) is 0 Å². The molecule has 0 saturated carbocycles. The molecule has 18 heavy (non-hydrogen) atoms. The molecule has 0 aliphatic carbocycles. The fourth-order valence-electron chi connectivity index (χ4n) is 2.38. The molecule has 0 N–H and O–H groups in total. The molecule has 3 heterocycles. The Morgan fingerprint density at radius 3 is 2.56 bits per heavy atom. The maximum atomic E-state index is 6.02. The summed E-state index contributed by atoms with van der Waals surface area (Å²) in [5.74, 6) is 0.386. The van der Waals surface area contributed by atoms with E-state index in [4.69, 9.17) is 11.6 Å². The van der Waals surface area contributed by atoms with Crippen LogP contribution in [0.25, 0.3) is 10.8 Å². The van der Waals surface area contributed by atoms with Gasteiger partial charge >= 0.3 is 0 Å². The summed E-state index contributed by atoms with van der Waals surface area (Å²) in [6, 6.07) is 1.93. The molecule has 4 heteroatoms. The third kappa shape index (κ3) is 1.83. The Kier molecular flexibility index (Phi) is 2.86. The zero-order valence-corrected chi connectivity index (χ0v) is 11.4. The maximum Gasteiger partial charge on any atom is 0.129 e. The summed E-state index contributed by atoms with van der Waals surface area (Å²) in [6.07, 6.45) is 5.11. The number of nitrogens with zero attached hydrogens (tertiary/aromatic N) is 3. The SMILES string of the molecule is CC(C)c1ncc(N2CCC2)c2cnc(Cl)cc12. The van der Waals surface area contributed by atoms with E-state index in [0.717, 1.165) is 29.6 Å². The molecule has 3 nitrogen and oxygen atoms in total. The van der Waals surface area contributed by atoms with Gasteiger partial charge in [-0.2, -0.15) is 0 Å². The predicted molar refractivity (Wildman–Crippen MR) is 75.5 cm³/mol. The molecule has 1 aliphatic heterocycles. The predicted octanol–water partition coefficient (Wildman–Crippen LogP) is 3.62. The third-order valence-electron chi connectivity index (χ3n) is 3.49. The Balaban J connectivity index is 2.25. The summed E-state index contributed by atoms with van der Waals surface area (Å²) in [5.41, 5.74) is 2.28. The minimum Gasteiger partial charge on any atom is -0.370 e. The van der Waals surface area contributed by atoms with E-state index in [1.165, 1.54) is 12.1 Å². The summed E-state index contributed by atoms with van der Waals surface area (Å²) < 4.78 is 0. The molecule has 1 saturated heterocycles. The number of pyridine rings is 2. The van der Waals surface area contributed by atoms with Gasteiger partial charge < -0.3 is 4.90 Å². The molecule has 0 aromatic carbocycles. The van der Waals surface area contributed by atoms with Crippen molar-refractivity contribution in [2.75, 3.05) is 18.0 Å². The molecule has 1 fully saturated rings. The van der Waals surface area contributed by atoms with Crippen molar-refractivity contribution < 1.29 is 0 Å². The zero-order valence-electron chi connectivity index (χ0n) is 10.7. The van der Waals surface area contributed by atoms with Gasteiger partial charge in [0.2, 0.25) is 0 Å². The molecule has 0 spiro atoms. The first-order chi connectivity index (χ1) is 8.66. The van der Waals surface area contributed by atoms with Gasteiger partial charge in [0.05, 0.1) is 17.6 Å². The Labute approximate surface area is 112 Å². The zero-order chi connectivity index (χ0) is 12.7. The van der Waals surface area contributed by atoms with E-state index in [0.29, 0.717) is 11.1 Å². The van der Waals surface area contributed by atoms with Crippen LogP contribution in [0.5, 0.6) is 0 Å². The van der Waals surface area contributed by atoms with Gasteiger partial charge in [0.15, 0.2) is 0 Å². The summed E-state index contributed by atoms with van der Waals surface area (Å²) in [6.45, 7) is 6.53. The van der Waals surface area contributed by atoms with Gasteiger partial charge in [-0.05, 0) is 18.4 Å². The molecule has 0 atom stereocenters. The van der Waals surface area contributed by atoms with Crippen molar-refractivity contribution >= 4 is 28.1 Å². The number of aromatic nitrogens is 2. The van der Waals surface area contributed by atoms with E-state index in [1.54, 1.807) is 0 Å². The highest BCUT2D eigenvalue weighted by atomic mass is 35.5. The highest BCUT2D eigenvalue weighted by molar-refractivity contribution is 6.30. The Bertz CT molecular complexity index is 591. The van der Waals surface area contributed by atoms with Gasteiger partial charge in [-0.3, -0.25) is 4.98 Å². The standard InChI is InChI=1S/C14H16ClN3/c1-9(2)14-10-6-13(15)16-7-11(10)12(8-17-14)18-4-3-5-18/h6-9H,3-5H2,1-2H3. The van der Waals surface area contributed by atoms with Crippen LogP contribution in [0.1, 0.15) is 31.9 Å². The van der Waals surface area contributed by atoms with Crippen LogP contribution in [-0.4, -0.2) is 23.1 Å². The van der Waals surface area contributed by atoms with E-state index in [-0.39, 0.29) is 0 Å². The molecule has 1 aliphatic rings. The van der Waals surface area contributed by atoms with E-state index in [9.17, 15) is 0 Å². The molecule has 3 rings (SSSR count). The van der Waals surface area contributed by atoms with Crippen molar-refractivity contribution in [2.45, 2.75) is 26.2 Å².